The van der Waals surface area contributed by atoms with Gasteiger partial charge in [-0.3, -0.25) is 4.79 Å². The van der Waals surface area contributed by atoms with Gasteiger partial charge in [0, 0.05) is 34.6 Å². The Labute approximate surface area is 114 Å². The zero-order valence-corrected chi connectivity index (χ0v) is 10.4. The average Bonchev–Trinajstić information content (AvgIpc) is 3.01. The Balaban J connectivity index is 2.04. The maximum absolute atomic E-state index is 12.3. The second-order valence-corrected chi connectivity index (χ2v) is 4.81. The highest BCUT2D eigenvalue weighted by molar-refractivity contribution is 6.09. The number of nitrogens with one attached hydrogen (secondary N) is 2. The van der Waals surface area contributed by atoms with E-state index >= 15 is 0 Å². The number of amides is 1. The molecule has 0 saturated carbocycles. The van der Waals surface area contributed by atoms with Crippen LogP contribution in [-0.2, 0) is 10.4 Å². The van der Waals surface area contributed by atoms with Gasteiger partial charge < -0.3 is 15.4 Å². The minimum absolute atomic E-state index is 0.441. The molecule has 1 amide bonds. The molecule has 1 unspecified atom stereocenters. The standard InChI is InChI=1S/C15H11N3O2/c19-14-15(20,10-5-1-2-6-12(10)18-14)11-8-17-13-9(11)4-3-7-16-13/h1-8,20H,(H,16,17)(H,18,19). The lowest BCUT2D eigenvalue weighted by molar-refractivity contribution is -0.129. The van der Waals surface area contributed by atoms with E-state index in [4.69, 9.17) is 0 Å². The van der Waals surface area contributed by atoms with Crippen LogP contribution >= 0.6 is 0 Å². The number of H-pyrrole nitrogens is 1. The number of benzene rings is 1. The second kappa shape index (κ2) is 3.68. The van der Waals surface area contributed by atoms with Crippen LogP contribution in [0.4, 0.5) is 5.69 Å². The van der Waals surface area contributed by atoms with Crippen molar-refractivity contribution in [2.24, 2.45) is 0 Å². The molecule has 1 aromatic carbocycles. The molecule has 0 radical (unpaired) electrons. The molecule has 0 saturated heterocycles. The minimum atomic E-state index is -1.68. The number of carbonyl (C=O) groups excluding carboxylic acids is 1. The van der Waals surface area contributed by atoms with Crippen LogP contribution in [0.1, 0.15) is 11.1 Å². The molecular formula is C15H11N3O2. The molecular weight excluding hydrogens is 254 g/mol. The summed E-state index contributed by atoms with van der Waals surface area (Å²) in [5.74, 6) is -0.441. The number of nitrogens with zero attached hydrogens (tertiary/aromatic N) is 1. The van der Waals surface area contributed by atoms with Crippen LogP contribution in [0.15, 0.2) is 48.8 Å². The lowest BCUT2D eigenvalue weighted by atomic mass is 9.88. The zero-order chi connectivity index (χ0) is 13.7. The van der Waals surface area contributed by atoms with E-state index in [1.54, 1.807) is 36.7 Å². The summed E-state index contributed by atoms with van der Waals surface area (Å²) < 4.78 is 0. The Kier molecular flexibility index (Phi) is 2.06. The summed E-state index contributed by atoms with van der Waals surface area (Å²) in [7, 11) is 0. The Hall–Kier alpha value is -2.66. The number of carbonyl (C=O) groups is 1. The Morgan fingerprint density at radius 1 is 1.10 bits per heavy atom. The number of aromatic amines is 1. The number of para-hydroxylation sites is 1. The highest BCUT2D eigenvalue weighted by Gasteiger charge is 2.48. The van der Waals surface area contributed by atoms with Crippen LogP contribution in [0.3, 0.4) is 0 Å². The van der Waals surface area contributed by atoms with Gasteiger partial charge >= 0.3 is 0 Å². The van der Waals surface area contributed by atoms with Gasteiger partial charge in [0.15, 0.2) is 5.60 Å². The van der Waals surface area contributed by atoms with E-state index in [1.165, 1.54) is 0 Å². The fourth-order valence-corrected chi connectivity index (χ4v) is 2.77. The van der Waals surface area contributed by atoms with E-state index in [0.29, 0.717) is 22.5 Å². The topological polar surface area (TPSA) is 78.0 Å². The molecule has 1 aliphatic heterocycles. The van der Waals surface area contributed by atoms with Crippen molar-refractivity contribution < 1.29 is 9.90 Å². The SMILES string of the molecule is O=C1Nc2ccccc2C1(O)c1c[nH]c2ncccc12. The monoisotopic (exact) mass is 265 g/mol. The molecule has 2 aromatic heterocycles. The van der Waals surface area contributed by atoms with Gasteiger partial charge in [-0.1, -0.05) is 18.2 Å². The normalized spacial score (nSPS) is 20.9. The molecule has 3 aromatic rings. The summed E-state index contributed by atoms with van der Waals surface area (Å²) in [5.41, 5.74) is 0.682. The molecule has 1 atom stereocenters. The van der Waals surface area contributed by atoms with Crippen LogP contribution in [0.2, 0.25) is 0 Å². The maximum atomic E-state index is 12.3. The number of anilines is 1. The largest absolute Gasteiger partial charge is 0.372 e. The van der Waals surface area contributed by atoms with E-state index in [1.807, 2.05) is 12.1 Å². The summed E-state index contributed by atoms with van der Waals surface area (Å²) in [4.78, 5) is 19.5. The van der Waals surface area contributed by atoms with Crippen LogP contribution in [0.25, 0.3) is 11.0 Å². The lowest BCUT2D eigenvalue weighted by Gasteiger charge is -2.20. The molecule has 0 aliphatic carbocycles. The number of hydrogen-bond donors (Lipinski definition) is 3. The van der Waals surface area contributed by atoms with Crippen LogP contribution < -0.4 is 5.32 Å². The maximum Gasteiger partial charge on any atom is 0.265 e. The Bertz CT molecular complexity index is 840. The van der Waals surface area contributed by atoms with Crippen molar-refractivity contribution in [2.45, 2.75) is 5.60 Å². The highest BCUT2D eigenvalue weighted by atomic mass is 16.3. The van der Waals surface area contributed by atoms with Crippen molar-refractivity contribution in [3.63, 3.8) is 0 Å². The van der Waals surface area contributed by atoms with Crippen LogP contribution in [0, 0.1) is 0 Å². The van der Waals surface area contributed by atoms with Crippen molar-refractivity contribution in [3.05, 3.63) is 59.9 Å². The fourth-order valence-electron chi connectivity index (χ4n) is 2.77. The molecule has 20 heavy (non-hydrogen) atoms. The Morgan fingerprint density at radius 3 is 2.85 bits per heavy atom. The van der Waals surface area contributed by atoms with Crippen LogP contribution in [0.5, 0.6) is 0 Å². The number of aromatic nitrogens is 2. The molecule has 3 heterocycles. The predicted molar refractivity (Wildman–Crippen MR) is 74.2 cm³/mol. The van der Waals surface area contributed by atoms with E-state index < -0.39 is 11.5 Å². The van der Waals surface area contributed by atoms with Crippen molar-refractivity contribution >= 4 is 22.6 Å². The first kappa shape index (κ1) is 11.2. The van der Waals surface area contributed by atoms with E-state index in [9.17, 15) is 9.90 Å². The fraction of sp³-hybridized carbons (Fsp3) is 0.0667. The molecule has 0 bridgehead atoms. The number of hydrogen-bond acceptors (Lipinski definition) is 3. The van der Waals surface area contributed by atoms with Crippen molar-refractivity contribution in [1.82, 2.24) is 9.97 Å². The molecule has 3 N–H and O–H groups in total. The van der Waals surface area contributed by atoms with E-state index in [-0.39, 0.29) is 0 Å². The number of pyridine rings is 1. The first-order valence-corrected chi connectivity index (χ1v) is 6.27. The number of rotatable bonds is 1. The summed E-state index contributed by atoms with van der Waals surface area (Å²) in [6.45, 7) is 0. The highest BCUT2D eigenvalue weighted by Crippen LogP contribution is 2.42. The third kappa shape index (κ3) is 1.24. The summed E-state index contributed by atoms with van der Waals surface area (Å²) in [6, 6.07) is 10.8. The van der Waals surface area contributed by atoms with Gasteiger partial charge in [0.25, 0.3) is 5.91 Å². The quantitative estimate of drug-likeness (QED) is 0.627. The van der Waals surface area contributed by atoms with E-state index in [0.717, 1.165) is 5.39 Å². The number of aliphatic hydroxyl groups is 1. The van der Waals surface area contributed by atoms with Crippen LogP contribution in [-0.4, -0.2) is 21.0 Å². The van der Waals surface area contributed by atoms with Crippen molar-refractivity contribution in [3.8, 4) is 0 Å². The van der Waals surface area contributed by atoms with Gasteiger partial charge in [0.05, 0.1) is 0 Å². The summed E-state index contributed by atoms with van der Waals surface area (Å²) in [5, 5.41) is 14.5. The zero-order valence-electron chi connectivity index (χ0n) is 10.4. The molecule has 1 aliphatic rings. The third-order valence-corrected chi connectivity index (χ3v) is 3.73. The second-order valence-electron chi connectivity index (χ2n) is 4.81. The van der Waals surface area contributed by atoms with Gasteiger partial charge in [-0.05, 0) is 18.2 Å². The molecule has 5 heteroatoms. The molecule has 0 spiro atoms. The third-order valence-electron chi connectivity index (χ3n) is 3.73. The van der Waals surface area contributed by atoms with Gasteiger partial charge in [-0.2, -0.15) is 0 Å². The van der Waals surface area contributed by atoms with Crippen molar-refractivity contribution in [1.29, 1.82) is 0 Å². The van der Waals surface area contributed by atoms with E-state index in [2.05, 4.69) is 15.3 Å². The van der Waals surface area contributed by atoms with Gasteiger partial charge in [0.1, 0.15) is 5.65 Å². The first-order valence-electron chi connectivity index (χ1n) is 6.27. The lowest BCUT2D eigenvalue weighted by Crippen LogP contribution is -2.35. The molecule has 0 fully saturated rings. The molecule has 4 rings (SSSR count). The number of fused-ring (bicyclic) bond motifs is 2. The summed E-state index contributed by atoms with van der Waals surface area (Å²) in [6.07, 6.45) is 3.30. The van der Waals surface area contributed by atoms with Gasteiger partial charge in [0.2, 0.25) is 0 Å². The predicted octanol–water partition coefficient (Wildman–Crippen LogP) is 1.75. The average molecular weight is 265 g/mol. The Morgan fingerprint density at radius 2 is 1.95 bits per heavy atom. The van der Waals surface area contributed by atoms with Gasteiger partial charge in [-0.15, -0.1) is 0 Å². The first-order chi connectivity index (χ1) is 9.71. The molecule has 5 nitrogen and oxygen atoms in total. The smallest absolute Gasteiger partial charge is 0.265 e. The van der Waals surface area contributed by atoms with Gasteiger partial charge in [-0.25, -0.2) is 4.98 Å². The minimum Gasteiger partial charge on any atom is -0.372 e. The summed E-state index contributed by atoms with van der Waals surface area (Å²) >= 11 is 0. The van der Waals surface area contributed by atoms with Crippen molar-refractivity contribution in [2.75, 3.05) is 5.32 Å². The molecule has 98 valence electrons.